The molecule has 134 valence electrons. The van der Waals surface area contributed by atoms with Crippen molar-refractivity contribution in [3.63, 3.8) is 0 Å². The fourth-order valence-corrected chi connectivity index (χ4v) is 3.01. The van der Waals surface area contributed by atoms with E-state index >= 15 is 0 Å². The number of nitrogens with zero attached hydrogens (tertiary/aromatic N) is 1. The summed E-state index contributed by atoms with van der Waals surface area (Å²) >= 11 is 1.20. The Morgan fingerprint density at radius 3 is 2.81 bits per heavy atom. The molecule has 0 radical (unpaired) electrons. The fourth-order valence-electron chi connectivity index (χ4n) is 2.28. The average molecular weight is 374 g/mol. The van der Waals surface area contributed by atoms with Crippen LogP contribution in [0.1, 0.15) is 12.5 Å². The number of carbonyl (C=O) groups excluding carboxylic acids is 1. The Labute approximate surface area is 153 Å². The van der Waals surface area contributed by atoms with Crippen LogP contribution in [0.25, 0.3) is 11.3 Å². The summed E-state index contributed by atoms with van der Waals surface area (Å²) in [6.45, 7) is 1.89. The third-order valence-electron chi connectivity index (χ3n) is 3.64. The zero-order chi connectivity index (χ0) is 18.5. The lowest BCUT2D eigenvalue weighted by Gasteiger charge is -2.07. The van der Waals surface area contributed by atoms with Gasteiger partial charge in [0, 0.05) is 10.9 Å². The first-order chi connectivity index (χ1) is 12.5. The summed E-state index contributed by atoms with van der Waals surface area (Å²) in [6.07, 6.45) is 0.884. The molecule has 0 saturated carbocycles. The fraction of sp³-hybridized carbons (Fsp3) is 0.158. The number of thiazole rings is 1. The molecule has 0 aliphatic heterocycles. The molecule has 0 fully saturated rings. The summed E-state index contributed by atoms with van der Waals surface area (Å²) in [6, 6.07) is 11.1. The van der Waals surface area contributed by atoms with Crippen LogP contribution in [0.5, 0.6) is 5.75 Å². The van der Waals surface area contributed by atoms with Crippen LogP contribution in [0.15, 0.2) is 47.8 Å². The minimum Gasteiger partial charge on any atom is -0.484 e. The Morgan fingerprint density at radius 2 is 2.04 bits per heavy atom. The summed E-state index contributed by atoms with van der Waals surface area (Å²) in [7, 11) is 0. The Balaban J connectivity index is 1.59. The van der Waals surface area contributed by atoms with Crippen LogP contribution in [-0.4, -0.2) is 17.5 Å². The van der Waals surface area contributed by atoms with Crippen LogP contribution in [-0.2, 0) is 11.2 Å². The van der Waals surface area contributed by atoms with E-state index in [1.807, 2.05) is 25.1 Å². The van der Waals surface area contributed by atoms with Crippen molar-refractivity contribution in [3.05, 3.63) is 65.0 Å². The monoisotopic (exact) mass is 374 g/mol. The number of carbonyl (C=O) groups is 1. The Bertz CT molecular complexity index is 927. The lowest BCUT2D eigenvalue weighted by molar-refractivity contribution is -0.118. The maximum Gasteiger partial charge on any atom is 0.264 e. The van der Waals surface area contributed by atoms with Crippen LogP contribution in [0.4, 0.5) is 13.9 Å². The normalized spacial score (nSPS) is 10.6. The first-order valence-electron chi connectivity index (χ1n) is 7.97. The van der Waals surface area contributed by atoms with Crippen molar-refractivity contribution in [2.45, 2.75) is 13.3 Å². The average Bonchev–Trinajstić information content (AvgIpc) is 3.11. The molecule has 26 heavy (non-hydrogen) atoms. The number of rotatable bonds is 6. The highest BCUT2D eigenvalue weighted by molar-refractivity contribution is 7.14. The molecule has 1 aromatic heterocycles. The number of hydrogen-bond acceptors (Lipinski definition) is 4. The van der Waals surface area contributed by atoms with Gasteiger partial charge in [-0.3, -0.25) is 10.1 Å². The van der Waals surface area contributed by atoms with E-state index in [1.54, 1.807) is 11.4 Å². The molecule has 2 aromatic carbocycles. The molecule has 0 saturated heterocycles. The van der Waals surface area contributed by atoms with Crippen LogP contribution in [0, 0.1) is 11.6 Å². The van der Waals surface area contributed by atoms with Crippen molar-refractivity contribution in [3.8, 4) is 17.0 Å². The van der Waals surface area contributed by atoms with Crippen molar-refractivity contribution in [1.82, 2.24) is 4.98 Å². The van der Waals surface area contributed by atoms with E-state index in [4.69, 9.17) is 4.74 Å². The third kappa shape index (κ3) is 4.43. The highest BCUT2D eigenvalue weighted by atomic mass is 32.1. The maximum atomic E-state index is 13.3. The van der Waals surface area contributed by atoms with Crippen molar-refractivity contribution in [2.24, 2.45) is 0 Å². The van der Waals surface area contributed by atoms with E-state index in [9.17, 15) is 13.6 Å². The molecule has 0 aliphatic rings. The molecule has 1 heterocycles. The number of hydrogen-bond donors (Lipinski definition) is 1. The van der Waals surface area contributed by atoms with E-state index in [1.165, 1.54) is 17.4 Å². The third-order valence-corrected chi connectivity index (χ3v) is 4.40. The molecule has 1 amide bonds. The number of aryl methyl sites for hydroxylation is 1. The second kappa shape index (κ2) is 8.05. The first kappa shape index (κ1) is 18.0. The zero-order valence-corrected chi connectivity index (χ0v) is 14.8. The highest BCUT2D eigenvalue weighted by Gasteiger charge is 2.11. The van der Waals surface area contributed by atoms with Crippen molar-refractivity contribution in [1.29, 1.82) is 0 Å². The summed E-state index contributed by atoms with van der Waals surface area (Å²) < 4.78 is 31.8. The smallest absolute Gasteiger partial charge is 0.264 e. The van der Waals surface area contributed by atoms with E-state index in [0.717, 1.165) is 24.1 Å². The van der Waals surface area contributed by atoms with Gasteiger partial charge in [-0.05, 0) is 42.3 Å². The molecule has 3 aromatic rings. The minimum absolute atomic E-state index is 0.146. The van der Waals surface area contributed by atoms with E-state index in [2.05, 4.69) is 10.3 Å². The number of nitrogens with one attached hydrogen (secondary N) is 1. The van der Waals surface area contributed by atoms with Gasteiger partial charge in [-0.1, -0.05) is 19.1 Å². The predicted molar refractivity (Wildman–Crippen MR) is 97.4 cm³/mol. The molecule has 0 spiro atoms. The van der Waals surface area contributed by atoms with E-state index < -0.39 is 11.6 Å². The standard InChI is InChI=1S/C19H16F2N2O2S/c1-2-12-4-3-5-14(8-12)25-10-18(24)23-19-22-17(11-26-19)13-6-7-15(20)16(21)9-13/h3-9,11H,2,10H2,1H3,(H,22,23,24). The Kier molecular flexibility index (Phi) is 5.58. The molecule has 4 nitrogen and oxygen atoms in total. The number of halogens is 2. The molecular formula is C19H16F2N2O2S. The van der Waals surface area contributed by atoms with Crippen molar-refractivity contribution in [2.75, 3.05) is 11.9 Å². The molecule has 7 heteroatoms. The summed E-state index contributed by atoms with van der Waals surface area (Å²) in [5, 5.41) is 4.65. The second-order valence-electron chi connectivity index (χ2n) is 5.50. The van der Waals surface area contributed by atoms with Gasteiger partial charge in [0.05, 0.1) is 5.69 Å². The molecule has 0 aliphatic carbocycles. The van der Waals surface area contributed by atoms with Gasteiger partial charge in [-0.15, -0.1) is 11.3 Å². The Morgan fingerprint density at radius 1 is 1.19 bits per heavy atom. The molecule has 3 rings (SSSR count). The van der Waals surface area contributed by atoms with Gasteiger partial charge in [0.25, 0.3) is 5.91 Å². The van der Waals surface area contributed by atoms with Gasteiger partial charge in [0.15, 0.2) is 23.4 Å². The number of anilines is 1. The topological polar surface area (TPSA) is 51.2 Å². The van der Waals surface area contributed by atoms with Crippen molar-refractivity contribution >= 4 is 22.4 Å². The van der Waals surface area contributed by atoms with Crippen LogP contribution >= 0.6 is 11.3 Å². The Hall–Kier alpha value is -2.80. The molecular weight excluding hydrogens is 358 g/mol. The zero-order valence-electron chi connectivity index (χ0n) is 14.0. The SMILES string of the molecule is CCc1cccc(OCC(=O)Nc2nc(-c3ccc(F)c(F)c3)cs2)c1. The molecule has 0 bridgehead atoms. The van der Waals surface area contributed by atoms with Gasteiger partial charge < -0.3 is 4.74 Å². The van der Waals surface area contributed by atoms with Gasteiger partial charge in [0.1, 0.15) is 5.75 Å². The lowest BCUT2D eigenvalue weighted by atomic mass is 10.2. The lowest BCUT2D eigenvalue weighted by Crippen LogP contribution is -2.20. The number of ether oxygens (including phenoxy) is 1. The largest absolute Gasteiger partial charge is 0.484 e. The first-order valence-corrected chi connectivity index (χ1v) is 8.85. The van der Waals surface area contributed by atoms with Crippen LogP contribution in [0.3, 0.4) is 0 Å². The number of aromatic nitrogens is 1. The highest BCUT2D eigenvalue weighted by Crippen LogP contribution is 2.26. The van der Waals surface area contributed by atoms with Gasteiger partial charge >= 0.3 is 0 Å². The minimum atomic E-state index is -0.941. The summed E-state index contributed by atoms with van der Waals surface area (Å²) in [5.74, 6) is -1.58. The quantitative estimate of drug-likeness (QED) is 0.682. The van der Waals surface area contributed by atoms with Crippen LogP contribution < -0.4 is 10.1 Å². The predicted octanol–water partition coefficient (Wildman–Crippen LogP) is 4.67. The molecule has 0 unspecified atom stereocenters. The summed E-state index contributed by atoms with van der Waals surface area (Å²) in [4.78, 5) is 16.2. The van der Waals surface area contributed by atoms with Crippen LogP contribution in [0.2, 0.25) is 0 Å². The number of amides is 1. The van der Waals surface area contributed by atoms with Crippen molar-refractivity contribution < 1.29 is 18.3 Å². The number of benzene rings is 2. The second-order valence-corrected chi connectivity index (χ2v) is 6.36. The van der Waals surface area contributed by atoms with Gasteiger partial charge in [-0.2, -0.15) is 0 Å². The summed E-state index contributed by atoms with van der Waals surface area (Å²) in [5.41, 5.74) is 2.02. The van der Waals surface area contributed by atoms with Gasteiger partial charge in [-0.25, -0.2) is 13.8 Å². The molecule has 0 atom stereocenters. The van der Waals surface area contributed by atoms with E-state index in [0.29, 0.717) is 22.1 Å². The van der Waals surface area contributed by atoms with E-state index in [-0.39, 0.29) is 12.5 Å². The maximum absolute atomic E-state index is 13.3. The van der Waals surface area contributed by atoms with Gasteiger partial charge in [0.2, 0.25) is 0 Å². The molecule has 1 N–H and O–H groups in total.